The number of nitrogens with zero attached hydrogens (tertiary/aromatic N) is 1. The highest BCUT2D eigenvalue weighted by Crippen LogP contribution is 2.27. The lowest BCUT2D eigenvalue weighted by molar-refractivity contribution is -0.387. The molecule has 114 valence electrons. The highest BCUT2D eigenvalue weighted by Gasteiger charge is 2.39. The van der Waals surface area contributed by atoms with Crippen molar-refractivity contribution in [2.24, 2.45) is 0 Å². The number of anilines is 1. The standard InChI is InChI=1S/C14H18FN3O3/c1-2-6-14(7-3-8-16-14)13(19)17-10-4-5-12(18(20)21)11(15)9-10/h4-5,9,16H,2-3,6-8H2,1H3,(H,17,19). The largest absolute Gasteiger partial charge is 0.324 e. The second kappa shape index (κ2) is 6.17. The number of carbonyl (C=O) groups is 1. The molecule has 1 heterocycles. The number of benzene rings is 1. The van der Waals surface area contributed by atoms with Gasteiger partial charge in [-0.1, -0.05) is 13.3 Å². The highest BCUT2D eigenvalue weighted by molar-refractivity contribution is 5.98. The molecule has 1 aromatic rings. The molecule has 0 radical (unpaired) electrons. The molecular formula is C14H18FN3O3. The van der Waals surface area contributed by atoms with E-state index in [4.69, 9.17) is 0 Å². The van der Waals surface area contributed by atoms with Crippen molar-refractivity contribution in [3.63, 3.8) is 0 Å². The lowest BCUT2D eigenvalue weighted by atomic mass is 9.91. The zero-order valence-electron chi connectivity index (χ0n) is 11.8. The van der Waals surface area contributed by atoms with Crippen molar-refractivity contribution in [3.8, 4) is 0 Å². The Kier molecular flexibility index (Phi) is 4.52. The van der Waals surface area contributed by atoms with E-state index in [-0.39, 0.29) is 11.6 Å². The van der Waals surface area contributed by atoms with E-state index in [1.165, 1.54) is 6.07 Å². The maximum Gasteiger partial charge on any atom is 0.304 e. The average molecular weight is 295 g/mol. The summed E-state index contributed by atoms with van der Waals surface area (Å²) < 4.78 is 13.6. The van der Waals surface area contributed by atoms with E-state index in [0.29, 0.717) is 6.42 Å². The molecule has 0 aromatic heterocycles. The fraction of sp³-hybridized carbons (Fsp3) is 0.500. The number of rotatable bonds is 5. The van der Waals surface area contributed by atoms with Gasteiger partial charge in [0.15, 0.2) is 0 Å². The molecule has 1 amide bonds. The van der Waals surface area contributed by atoms with Crippen molar-refractivity contribution in [1.82, 2.24) is 5.32 Å². The van der Waals surface area contributed by atoms with Crippen LogP contribution in [0.15, 0.2) is 18.2 Å². The molecule has 1 aliphatic rings. The molecule has 0 aliphatic carbocycles. The Labute approximate surface area is 121 Å². The number of nitro benzene ring substituents is 1. The number of amides is 1. The molecule has 21 heavy (non-hydrogen) atoms. The molecule has 1 aliphatic heterocycles. The van der Waals surface area contributed by atoms with E-state index < -0.39 is 22.0 Å². The maximum atomic E-state index is 13.6. The predicted molar refractivity (Wildman–Crippen MR) is 76.6 cm³/mol. The fourth-order valence-corrected chi connectivity index (χ4v) is 2.74. The Morgan fingerprint density at radius 1 is 1.57 bits per heavy atom. The summed E-state index contributed by atoms with van der Waals surface area (Å²) in [5.41, 5.74) is -0.991. The van der Waals surface area contributed by atoms with Crippen LogP contribution in [0.2, 0.25) is 0 Å². The minimum absolute atomic E-state index is 0.213. The lowest BCUT2D eigenvalue weighted by Gasteiger charge is -2.27. The first-order valence-electron chi connectivity index (χ1n) is 6.99. The van der Waals surface area contributed by atoms with Gasteiger partial charge in [0.25, 0.3) is 0 Å². The summed E-state index contributed by atoms with van der Waals surface area (Å²) in [6.45, 7) is 2.78. The second-order valence-electron chi connectivity index (χ2n) is 5.24. The summed E-state index contributed by atoms with van der Waals surface area (Å²) in [7, 11) is 0. The Balaban J connectivity index is 2.15. The summed E-state index contributed by atoms with van der Waals surface area (Å²) in [6, 6.07) is 3.37. The van der Waals surface area contributed by atoms with Gasteiger partial charge >= 0.3 is 5.69 Å². The first kappa shape index (κ1) is 15.4. The Morgan fingerprint density at radius 3 is 2.86 bits per heavy atom. The van der Waals surface area contributed by atoms with Crippen molar-refractivity contribution < 1.29 is 14.1 Å². The SMILES string of the molecule is CCCC1(C(=O)Nc2ccc([N+](=O)[O-])c(F)c2)CCCN1. The third-order valence-electron chi connectivity index (χ3n) is 3.76. The van der Waals surface area contributed by atoms with Crippen LogP contribution in [0.5, 0.6) is 0 Å². The van der Waals surface area contributed by atoms with Crippen molar-refractivity contribution >= 4 is 17.3 Å². The van der Waals surface area contributed by atoms with E-state index in [0.717, 1.165) is 37.9 Å². The van der Waals surface area contributed by atoms with Crippen molar-refractivity contribution in [1.29, 1.82) is 0 Å². The number of halogens is 1. The molecule has 0 saturated carbocycles. The van der Waals surface area contributed by atoms with Crippen LogP contribution in [0.3, 0.4) is 0 Å². The van der Waals surface area contributed by atoms with E-state index in [1.54, 1.807) is 0 Å². The number of nitro groups is 1. The van der Waals surface area contributed by atoms with E-state index >= 15 is 0 Å². The minimum atomic E-state index is -0.957. The molecule has 2 N–H and O–H groups in total. The van der Waals surface area contributed by atoms with Crippen LogP contribution in [0.4, 0.5) is 15.8 Å². The van der Waals surface area contributed by atoms with Crippen LogP contribution >= 0.6 is 0 Å². The Hall–Kier alpha value is -2.02. The predicted octanol–water partition coefficient (Wildman–Crippen LogP) is 2.59. The minimum Gasteiger partial charge on any atom is -0.324 e. The van der Waals surface area contributed by atoms with Gasteiger partial charge in [-0.25, -0.2) is 0 Å². The molecule has 1 atom stereocenters. The lowest BCUT2D eigenvalue weighted by Crippen LogP contribution is -2.50. The maximum absolute atomic E-state index is 13.6. The van der Waals surface area contributed by atoms with Crippen LogP contribution < -0.4 is 10.6 Å². The zero-order valence-corrected chi connectivity index (χ0v) is 11.8. The zero-order chi connectivity index (χ0) is 15.5. The molecule has 1 saturated heterocycles. The van der Waals surface area contributed by atoms with Crippen molar-refractivity contribution in [2.45, 2.75) is 38.1 Å². The number of nitrogens with one attached hydrogen (secondary N) is 2. The molecule has 0 bridgehead atoms. The van der Waals surface area contributed by atoms with Crippen molar-refractivity contribution in [2.75, 3.05) is 11.9 Å². The Morgan fingerprint density at radius 2 is 2.33 bits per heavy atom. The number of carbonyl (C=O) groups excluding carboxylic acids is 1. The van der Waals surface area contributed by atoms with E-state index in [2.05, 4.69) is 10.6 Å². The molecule has 7 heteroatoms. The van der Waals surface area contributed by atoms with Crippen molar-refractivity contribution in [3.05, 3.63) is 34.1 Å². The number of hydrogen-bond donors (Lipinski definition) is 2. The molecular weight excluding hydrogens is 277 g/mol. The van der Waals surface area contributed by atoms with Gasteiger partial charge < -0.3 is 10.6 Å². The first-order valence-corrected chi connectivity index (χ1v) is 6.99. The first-order chi connectivity index (χ1) is 9.98. The third-order valence-corrected chi connectivity index (χ3v) is 3.76. The van der Waals surface area contributed by atoms with Gasteiger partial charge in [-0.05, 0) is 31.9 Å². The smallest absolute Gasteiger partial charge is 0.304 e. The van der Waals surface area contributed by atoms with Gasteiger partial charge in [-0.15, -0.1) is 0 Å². The summed E-state index contributed by atoms with van der Waals surface area (Å²) in [6.07, 6.45) is 3.22. The van der Waals surface area contributed by atoms with Crippen LogP contribution in [-0.2, 0) is 4.79 Å². The molecule has 1 aromatic carbocycles. The van der Waals surface area contributed by atoms with Gasteiger partial charge in [0.2, 0.25) is 11.7 Å². The summed E-state index contributed by atoms with van der Waals surface area (Å²) >= 11 is 0. The second-order valence-corrected chi connectivity index (χ2v) is 5.24. The molecule has 1 unspecified atom stereocenters. The average Bonchev–Trinajstić information content (AvgIpc) is 2.88. The van der Waals surface area contributed by atoms with Crippen LogP contribution in [-0.4, -0.2) is 22.9 Å². The summed E-state index contributed by atoms with van der Waals surface area (Å²) in [4.78, 5) is 22.2. The van der Waals surface area contributed by atoms with Gasteiger partial charge in [0, 0.05) is 17.8 Å². The van der Waals surface area contributed by atoms with E-state index in [9.17, 15) is 19.3 Å². The summed E-state index contributed by atoms with van der Waals surface area (Å²) in [5, 5.41) is 16.4. The third kappa shape index (κ3) is 3.18. The number of hydrogen-bond acceptors (Lipinski definition) is 4. The van der Waals surface area contributed by atoms with E-state index in [1.807, 2.05) is 6.92 Å². The molecule has 6 nitrogen and oxygen atoms in total. The van der Waals surface area contributed by atoms with Gasteiger partial charge in [0.1, 0.15) is 0 Å². The molecule has 1 fully saturated rings. The topological polar surface area (TPSA) is 84.3 Å². The molecule has 2 rings (SSSR count). The van der Waals surface area contributed by atoms with Gasteiger partial charge in [-0.3, -0.25) is 14.9 Å². The monoisotopic (exact) mass is 295 g/mol. The van der Waals surface area contributed by atoms with Crippen LogP contribution in [0.25, 0.3) is 0 Å². The quantitative estimate of drug-likeness (QED) is 0.646. The van der Waals surface area contributed by atoms with Crippen LogP contribution in [0.1, 0.15) is 32.6 Å². The molecule has 0 spiro atoms. The highest BCUT2D eigenvalue weighted by atomic mass is 19.1. The fourth-order valence-electron chi connectivity index (χ4n) is 2.74. The Bertz CT molecular complexity index is 556. The summed E-state index contributed by atoms with van der Waals surface area (Å²) in [5.74, 6) is -1.17. The normalized spacial score (nSPS) is 21.2. The van der Waals surface area contributed by atoms with Crippen LogP contribution in [0, 0.1) is 15.9 Å². The van der Waals surface area contributed by atoms with Gasteiger partial charge in [0.05, 0.1) is 10.5 Å². The van der Waals surface area contributed by atoms with Gasteiger partial charge in [-0.2, -0.15) is 4.39 Å².